The minimum absolute atomic E-state index is 0.0493. The largest absolute Gasteiger partial charge is 0.493 e. The summed E-state index contributed by atoms with van der Waals surface area (Å²) < 4.78 is 28.7. The molecule has 40 heavy (non-hydrogen) atoms. The van der Waals surface area contributed by atoms with E-state index in [1.807, 2.05) is 97.1 Å². The van der Waals surface area contributed by atoms with Crippen molar-refractivity contribution in [1.82, 2.24) is 0 Å². The molecule has 0 radical (unpaired) electrons. The maximum absolute atomic E-state index is 12.7. The monoisotopic (exact) mass is 538 g/mol. The topological polar surface area (TPSA) is 63.2 Å². The number of cyclic esters (lactones) is 1. The van der Waals surface area contributed by atoms with E-state index in [1.165, 1.54) is 0 Å². The van der Waals surface area contributed by atoms with Crippen molar-refractivity contribution in [3.05, 3.63) is 119 Å². The van der Waals surface area contributed by atoms with Gasteiger partial charge in [0, 0.05) is 5.92 Å². The number of benzene rings is 4. The number of esters is 1. The van der Waals surface area contributed by atoms with Crippen molar-refractivity contribution in [2.45, 2.75) is 26.1 Å². The summed E-state index contributed by atoms with van der Waals surface area (Å²) in [6.07, 6.45) is 1.26. The number of methoxy groups -OCH3 is 2. The van der Waals surface area contributed by atoms with Gasteiger partial charge in [-0.2, -0.15) is 0 Å². The average molecular weight is 539 g/mol. The summed E-state index contributed by atoms with van der Waals surface area (Å²) in [4.78, 5) is 12.7. The molecule has 1 aliphatic rings. The molecule has 5 rings (SSSR count). The fourth-order valence-electron chi connectivity index (χ4n) is 5.00. The second kappa shape index (κ2) is 13.1. The van der Waals surface area contributed by atoms with E-state index in [0.29, 0.717) is 55.7 Å². The number of rotatable bonds is 12. The van der Waals surface area contributed by atoms with Gasteiger partial charge < -0.3 is 23.7 Å². The number of carbonyl (C=O) groups excluding carboxylic acids is 1. The molecule has 0 amide bonds. The Kier molecular flexibility index (Phi) is 8.86. The highest BCUT2D eigenvalue weighted by molar-refractivity contribution is 5.75. The molecule has 4 aromatic rings. The van der Waals surface area contributed by atoms with Gasteiger partial charge in [-0.3, -0.25) is 4.79 Å². The predicted octanol–water partition coefficient (Wildman–Crippen LogP) is 6.44. The lowest BCUT2D eigenvalue weighted by molar-refractivity contribution is -0.141. The SMILES string of the molecule is COc1cc(CC2COC(=O)C2Cc2ccc(OCc3ccccc3)c(OC)c2)ccc1OCc1ccccc1. The maximum atomic E-state index is 12.7. The molecular weight excluding hydrogens is 504 g/mol. The van der Waals surface area contributed by atoms with Gasteiger partial charge in [0.1, 0.15) is 13.2 Å². The molecule has 1 saturated heterocycles. The molecule has 0 N–H and O–H groups in total. The van der Waals surface area contributed by atoms with Crippen LogP contribution >= 0.6 is 0 Å². The van der Waals surface area contributed by atoms with E-state index < -0.39 is 0 Å². The Morgan fingerprint density at radius 1 is 0.625 bits per heavy atom. The van der Waals surface area contributed by atoms with Crippen LogP contribution in [0.15, 0.2) is 97.1 Å². The quantitative estimate of drug-likeness (QED) is 0.194. The molecule has 4 aromatic carbocycles. The molecule has 206 valence electrons. The molecule has 1 aliphatic heterocycles. The summed E-state index contributed by atoms with van der Waals surface area (Å²) in [5, 5.41) is 0. The number of hydrogen-bond acceptors (Lipinski definition) is 6. The van der Waals surface area contributed by atoms with Crippen molar-refractivity contribution in [3.8, 4) is 23.0 Å². The van der Waals surface area contributed by atoms with Crippen LogP contribution in [0.2, 0.25) is 0 Å². The van der Waals surface area contributed by atoms with Gasteiger partial charge in [0.25, 0.3) is 0 Å². The Bertz CT molecular complexity index is 1400. The van der Waals surface area contributed by atoms with Gasteiger partial charge in [0.15, 0.2) is 23.0 Å². The Morgan fingerprint density at radius 2 is 1.12 bits per heavy atom. The highest BCUT2D eigenvalue weighted by Gasteiger charge is 2.37. The predicted molar refractivity (Wildman–Crippen MR) is 153 cm³/mol. The van der Waals surface area contributed by atoms with E-state index >= 15 is 0 Å². The number of hydrogen-bond donors (Lipinski definition) is 0. The molecule has 2 unspecified atom stereocenters. The van der Waals surface area contributed by atoms with Gasteiger partial charge in [0.2, 0.25) is 0 Å². The van der Waals surface area contributed by atoms with E-state index in [-0.39, 0.29) is 17.8 Å². The van der Waals surface area contributed by atoms with Crippen LogP contribution in [0.25, 0.3) is 0 Å². The first kappa shape index (κ1) is 27.1. The molecule has 6 nitrogen and oxygen atoms in total. The third kappa shape index (κ3) is 6.75. The molecule has 0 aliphatic carbocycles. The molecule has 1 fully saturated rings. The summed E-state index contributed by atoms with van der Waals surface area (Å²) in [5.41, 5.74) is 4.24. The van der Waals surface area contributed by atoms with E-state index in [4.69, 9.17) is 23.7 Å². The van der Waals surface area contributed by atoms with Crippen molar-refractivity contribution in [2.24, 2.45) is 11.8 Å². The number of ether oxygens (including phenoxy) is 5. The first-order valence-electron chi connectivity index (χ1n) is 13.5. The first-order valence-corrected chi connectivity index (χ1v) is 13.5. The van der Waals surface area contributed by atoms with Crippen LogP contribution in [0.1, 0.15) is 22.3 Å². The lowest BCUT2D eigenvalue weighted by Crippen LogP contribution is -2.20. The molecular formula is C34H34O6. The van der Waals surface area contributed by atoms with Gasteiger partial charge in [-0.15, -0.1) is 0 Å². The molecule has 2 atom stereocenters. The van der Waals surface area contributed by atoms with Crippen LogP contribution in [0.5, 0.6) is 23.0 Å². The third-order valence-electron chi connectivity index (χ3n) is 7.20. The Morgan fingerprint density at radius 3 is 1.62 bits per heavy atom. The van der Waals surface area contributed by atoms with Crippen molar-refractivity contribution >= 4 is 5.97 Å². The second-order valence-electron chi connectivity index (χ2n) is 9.92. The van der Waals surface area contributed by atoms with Crippen molar-refractivity contribution in [3.63, 3.8) is 0 Å². The van der Waals surface area contributed by atoms with Gasteiger partial charge >= 0.3 is 5.97 Å². The fourth-order valence-corrected chi connectivity index (χ4v) is 5.00. The van der Waals surface area contributed by atoms with Crippen LogP contribution in [0.3, 0.4) is 0 Å². The summed E-state index contributed by atoms with van der Waals surface area (Å²) in [6, 6.07) is 31.8. The minimum Gasteiger partial charge on any atom is -0.493 e. The molecule has 0 spiro atoms. The average Bonchev–Trinajstić information content (AvgIpc) is 3.34. The summed E-state index contributed by atoms with van der Waals surface area (Å²) >= 11 is 0. The van der Waals surface area contributed by atoms with Crippen LogP contribution < -0.4 is 18.9 Å². The zero-order chi connectivity index (χ0) is 27.7. The fraction of sp³-hybridized carbons (Fsp3) is 0.265. The van der Waals surface area contributed by atoms with E-state index in [2.05, 4.69) is 0 Å². The van der Waals surface area contributed by atoms with E-state index in [9.17, 15) is 4.79 Å². The Hall–Kier alpha value is -4.45. The van der Waals surface area contributed by atoms with Crippen LogP contribution in [-0.2, 0) is 35.6 Å². The van der Waals surface area contributed by atoms with Gasteiger partial charge in [-0.1, -0.05) is 72.8 Å². The lowest BCUT2D eigenvalue weighted by atomic mass is 9.85. The zero-order valence-corrected chi connectivity index (χ0v) is 22.9. The van der Waals surface area contributed by atoms with Crippen molar-refractivity contribution in [1.29, 1.82) is 0 Å². The maximum Gasteiger partial charge on any atom is 0.309 e. The summed E-state index contributed by atoms with van der Waals surface area (Å²) in [7, 11) is 3.27. The normalized spacial score (nSPS) is 16.3. The third-order valence-corrected chi connectivity index (χ3v) is 7.20. The van der Waals surface area contributed by atoms with Crippen molar-refractivity contribution < 1.29 is 28.5 Å². The molecule has 1 heterocycles. The lowest BCUT2D eigenvalue weighted by Gasteiger charge is -2.18. The van der Waals surface area contributed by atoms with Crippen molar-refractivity contribution in [2.75, 3.05) is 20.8 Å². The Balaban J connectivity index is 1.23. The second-order valence-corrected chi connectivity index (χ2v) is 9.92. The molecule has 6 heteroatoms. The standard InChI is InChI=1S/C34H34O6/c1-36-32-19-26(13-15-30(32)38-21-24-9-5-3-6-10-24)17-28-23-40-34(35)29(28)18-27-14-16-31(33(20-27)37-2)39-22-25-11-7-4-8-12-25/h3-16,19-20,28-29H,17-18,21-23H2,1-2H3. The Labute approximate surface area is 235 Å². The van der Waals surface area contributed by atoms with Crippen LogP contribution in [-0.4, -0.2) is 26.8 Å². The molecule has 0 aromatic heterocycles. The minimum atomic E-state index is -0.249. The van der Waals surface area contributed by atoms with Gasteiger partial charge in [0.05, 0.1) is 26.7 Å². The van der Waals surface area contributed by atoms with E-state index in [0.717, 1.165) is 22.3 Å². The molecule has 0 bridgehead atoms. The van der Waals surface area contributed by atoms with E-state index in [1.54, 1.807) is 14.2 Å². The zero-order valence-electron chi connectivity index (χ0n) is 22.9. The molecule has 0 saturated carbocycles. The van der Waals surface area contributed by atoms with Gasteiger partial charge in [-0.05, 0) is 59.4 Å². The highest BCUT2D eigenvalue weighted by atomic mass is 16.5. The van der Waals surface area contributed by atoms with Crippen LogP contribution in [0.4, 0.5) is 0 Å². The smallest absolute Gasteiger partial charge is 0.309 e. The number of carbonyl (C=O) groups is 1. The van der Waals surface area contributed by atoms with Crippen LogP contribution in [0, 0.1) is 11.8 Å². The summed E-state index contributed by atoms with van der Waals surface area (Å²) in [5.74, 6) is 2.31. The first-order chi connectivity index (χ1) is 19.6. The summed E-state index contributed by atoms with van der Waals surface area (Å²) in [6.45, 7) is 1.31. The highest BCUT2D eigenvalue weighted by Crippen LogP contribution is 2.35. The van der Waals surface area contributed by atoms with Gasteiger partial charge in [-0.25, -0.2) is 0 Å².